The number of nitrogens with two attached hydrogens (primary N) is 1. The maximum atomic E-state index is 10.7. The minimum Gasteiger partial charge on any atom is -0.507 e. The van der Waals surface area contributed by atoms with Crippen molar-refractivity contribution in [1.82, 2.24) is 0 Å². The van der Waals surface area contributed by atoms with E-state index in [0.29, 0.717) is 6.26 Å². The van der Waals surface area contributed by atoms with Gasteiger partial charge in [0.1, 0.15) is 10.6 Å². The van der Waals surface area contributed by atoms with Crippen LogP contribution in [0.25, 0.3) is 0 Å². The second-order valence-corrected chi connectivity index (χ2v) is 5.74. The topological polar surface area (TPSA) is 135 Å². The lowest BCUT2D eigenvalue weighted by Crippen LogP contribution is -2.11. The molecule has 0 aliphatic carbocycles. The first kappa shape index (κ1) is 14.8. The van der Waals surface area contributed by atoms with Gasteiger partial charge in [-0.15, -0.1) is 0 Å². The molecular formula is C7H11NO6S2. The molecule has 0 unspecified atom stereocenters. The zero-order chi connectivity index (χ0) is 13.0. The van der Waals surface area contributed by atoms with Crippen LogP contribution >= 0.6 is 0 Å². The number of phenolic OH excluding ortho intramolecular Hbond substituents is 1. The molecule has 92 valence electrons. The van der Waals surface area contributed by atoms with Crippen molar-refractivity contribution in [3.8, 4) is 5.75 Å². The van der Waals surface area contributed by atoms with Crippen molar-refractivity contribution in [2.45, 2.75) is 4.90 Å². The number of aromatic hydroxyl groups is 1. The van der Waals surface area contributed by atoms with E-state index in [2.05, 4.69) is 0 Å². The molecule has 0 amide bonds. The molecule has 0 heterocycles. The average molecular weight is 269 g/mol. The first-order valence-electron chi connectivity index (χ1n) is 3.75. The monoisotopic (exact) mass is 269 g/mol. The van der Waals surface area contributed by atoms with Gasteiger partial charge >= 0.3 is 0 Å². The smallest absolute Gasteiger partial charge is 0.261 e. The lowest BCUT2D eigenvalue weighted by molar-refractivity contribution is 0.459. The molecule has 0 radical (unpaired) electrons. The number of sulfonamides is 1. The fourth-order valence-electron chi connectivity index (χ4n) is 0.698. The highest BCUT2D eigenvalue weighted by molar-refractivity contribution is 7.89. The van der Waals surface area contributed by atoms with Crippen LogP contribution in [0.3, 0.4) is 0 Å². The van der Waals surface area contributed by atoms with Crippen LogP contribution in [0.2, 0.25) is 0 Å². The molecule has 0 bridgehead atoms. The van der Waals surface area contributed by atoms with Crippen LogP contribution in [0, 0.1) is 0 Å². The molecule has 0 spiro atoms. The first-order chi connectivity index (χ1) is 7.02. The van der Waals surface area contributed by atoms with Crippen molar-refractivity contribution in [3.05, 3.63) is 24.3 Å². The predicted molar refractivity (Wildman–Crippen MR) is 57.0 cm³/mol. The maximum Gasteiger partial charge on any atom is 0.261 e. The Hall–Kier alpha value is -1.16. The third kappa shape index (κ3) is 7.17. The SMILES string of the molecule is CS(=O)(=O)O.NS(=O)(=O)c1ccccc1O. The van der Waals surface area contributed by atoms with E-state index in [9.17, 15) is 16.8 Å². The summed E-state index contributed by atoms with van der Waals surface area (Å²) in [5.74, 6) is -0.324. The highest BCUT2D eigenvalue weighted by Gasteiger charge is 2.11. The molecular weight excluding hydrogens is 258 g/mol. The lowest BCUT2D eigenvalue weighted by atomic mass is 10.3. The zero-order valence-electron chi connectivity index (χ0n) is 8.23. The Morgan fingerprint density at radius 2 is 1.50 bits per heavy atom. The normalized spacial score (nSPS) is 11.4. The summed E-state index contributed by atoms with van der Waals surface area (Å²) < 4.78 is 47.2. The van der Waals surface area contributed by atoms with Crippen LogP contribution in [-0.2, 0) is 20.1 Å². The van der Waals surface area contributed by atoms with E-state index in [-0.39, 0.29) is 10.6 Å². The molecule has 0 aliphatic rings. The molecule has 0 aromatic heterocycles. The third-order valence-corrected chi connectivity index (χ3v) is 2.13. The van der Waals surface area contributed by atoms with Crippen LogP contribution in [0.15, 0.2) is 29.2 Å². The predicted octanol–water partition coefficient (Wildman–Crippen LogP) is -0.456. The molecule has 0 saturated carbocycles. The zero-order valence-corrected chi connectivity index (χ0v) is 9.86. The van der Waals surface area contributed by atoms with Gasteiger partial charge in [0.05, 0.1) is 6.26 Å². The standard InChI is InChI=1S/C6H7NO3S.CH4O3S/c7-11(9,10)6-4-2-1-3-5(6)8;1-5(2,3)4/h1-4,8H,(H2,7,9,10);1H3,(H,2,3,4). The van der Waals surface area contributed by atoms with E-state index >= 15 is 0 Å². The summed E-state index contributed by atoms with van der Waals surface area (Å²) in [6.07, 6.45) is 0.715. The summed E-state index contributed by atoms with van der Waals surface area (Å²) in [4.78, 5) is -0.250. The summed E-state index contributed by atoms with van der Waals surface area (Å²) in [6, 6.07) is 5.51. The number of para-hydroxylation sites is 1. The Kier molecular flexibility index (Phi) is 4.87. The van der Waals surface area contributed by atoms with Crippen molar-refractivity contribution in [1.29, 1.82) is 0 Å². The van der Waals surface area contributed by atoms with Gasteiger partial charge in [0, 0.05) is 0 Å². The summed E-state index contributed by atoms with van der Waals surface area (Å²) in [7, 11) is -7.45. The highest BCUT2D eigenvalue weighted by atomic mass is 32.2. The Morgan fingerprint density at radius 1 is 1.12 bits per heavy atom. The molecule has 1 aromatic rings. The van der Waals surface area contributed by atoms with Gasteiger partial charge in [-0.3, -0.25) is 4.55 Å². The minimum absolute atomic E-state index is 0.250. The first-order valence-corrected chi connectivity index (χ1v) is 7.14. The summed E-state index contributed by atoms with van der Waals surface area (Å²) in [5, 5.41) is 13.8. The average Bonchev–Trinajstić information content (AvgIpc) is 1.99. The van der Waals surface area contributed by atoms with Gasteiger partial charge in [0.2, 0.25) is 10.0 Å². The van der Waals surface area contributed by atoms with Gasteiger partial charge in [0.25, 0.3) is 10.1 Å². The van der Waals surface area contributed by atoms with Gasteiger partial charge in [0.15, 0.2) is 0 Å². The molecule has 1 rings (SSSR count). The fraction of sp³-hybridized carbons (Fsp3) is 0.143. The number of primary sulfonamides is 1. The second kappa shape index (κ2) is 5.25. The largest absolute Gasteiger partial charge is 0.507 e. The van der Waals surface area contributed by atoms with Crippen molar-refractivity contribution in [2.75, 3.05) is 6.26 Å². The summed E-state index contributed by atoms with van der Waals surface area (Å²) in [6.45, 7) is 0. The van der Waals surface area contributed by atoms with Gasteiger partial charge in [-0.05, 0) is 12.1 Å². The number of benzene rings is 1. The third-order valence-electron chi connectivity index (χ3n) is 1.17. The molecule has 9 heteroatoms. The number of hydrogen-bond acceptors (Lipinski definition) is 5. The van der Waals surface area contributed by atoms with Gasteiger partial charge < -0.3 is 5.11 Å². The Bertz CT molecular complexity index is 540. The van der Waals surface area contributed by atoms with Gasteiger partial charge in [-0.1, -0.05) is 12.1 Å². The minimum atomic E-state index is -3.78. The van der Waals surface area contributed by atoms with Crippen LogP contribution in [-0.4, -0.2) is 32.8 Å². The maximum absolute atomic E-state index is 10.7. The second-order valence-electron chi connectivity index (χ2n) is 2.75. The van der Waals surface area contributed by atoms with Crippen molar-refractivity contribution < 1.29 is 26.5 Å². The molecule has 7 nitrogen and oxygen atoms in total. The molecule has 0 saturated heterocycles. The molecule has 0 aliphatic heterocycles. The summed E-state index contributed by atoms with van der Waals surface area (Å²) >= 11 is 0. The van der Waals surface area contributed by atoms with E-state index in [1.54, 1.807) is 0 Å². The van der Waals surface area contributed by atoms with E-state index < -0.39 is 20.1 Å². The van der Waals surface area contributed by atoms with E-state index in [1.807, 2.05) is 0 Å². The Balaban J connectivity index is 0.000000385. The lowest BCUT2D eigenvalue weighted by Gasteiger charge is -1.98. The number of phenols is 1. The fourth-order valence-corrected chi connectivity index (χ4v) is 1.33. The van der Waals surface area contributed by atoms with E-state index in [0.717, 1.165) is 0 Å². The van der Waals surface area contributed by atoms with Crippen molar-refractivity contribution >= 4 is 20.1 Å². The Morgan fingerprint density at radius 3 is 1.75 bits per heavy atom. The number of hydrogen-bond donors (Lipinski definition) is 3. The Labute approximate surface area is 93.3 Å². The molecule has 1 aromatic carbocycles. The number of rotatable bonds is 1. The van der Waals surface area contributed by atoms with Gasteiger partial charge in [-0.2, -0.15) is 8.42 Å². The van der Waals surface area contributed by atoms with Crippen LogP contribution < -0.4 is 5.14 Å². The van der Waals surface area contributed by atoms with Crippen molar-refractivity contribution in [3.63, 3.8) is 0 Å². The van der Waals surface area contributed by atoms with Crippen LogP contribution in [0.4, 0.5) is 0 Å². The van der Waals surface area contributed by atoms with Crippen LogP contribution in [0.1, 0.15) is 0 Å². The summed E-state index contributed by atoms with van der Waals surface area (Å²) in [5.41, 5.74) is 0. The molecule has 0 atom stereocenters. The van der Waals surface area contributed by atoms with Crippen molar-refractivity contribution in [2.24, 2.45) is 5.14 Å². The van der Waals surface area contributed by atoms with Crippen LogP contribution in [0.5, 0.6) is 5.75 Å². The van der Waals surface area contributed by atoms with E-state index in [4.69, 9.17) is 14.8 Å². The van der Waals surface area contributed by atoms with E-state index in [1.165, 1.54) is 24.3 Å². The molecule has 16 heavy (non-hydrogen) atoms. The van der Waals surface area contributed by atoms with Gasteiger partial charge in [-0.25, -0.2) is 13.6 Å². The highest BCUT2D eigenvalue weighted by Crippen LogP contribution is 2.19. The molecule has 0 fully saturated rings. The molecule has 4 N–H and O–H groups in total. The quantitative estimate of drug-likeness (QED) is 0.590.